The third-order valence-electron chi connectivity index (χ3n) is 5.19. The zero-order chi connectivity index (χ0) is 24.6. The van der Waals surface area contributed by atoms with Crippen LogP contribution in [0, 0.1) is 0 Å². The fraction of sp³-hybridized carbons (Fsp3) is 0.0741. The highest BCUT2D eigenvalue weighted by Crippen LogP contribution is 2.26. The number of carbonyl (C=O) groups is 2. The number of nitrogens with zero attached hydrogens (tertiary/aromatic N) is 1. The van der Waals surface area contributed by atoms with Crippen LogP contribution in [0.5, 0.6) is 5.75 Å². The highest BCUT2D eigenvalue weighted by molar-refractivity contribution is 6.30. The third kappa shape index (κ3) is 6.44. The van der Waals surface area contributed by atoms with E-state index in [0.29, 0.717) is 29.4 Å². The number of hydrogen-bond donors (Lipinski definition) is 3. The van der Waals surface area contributed by atoms with Gasteiger partial charge >= 0.3 is 0 Å². The number of benzene rings is 3. The van der Waals surface area contributed by atoms with Gasteiger partial charge < -0.3 is 10.1 Å². The van der Waals surface area contributed by atoms with Crippen molar-refractivity contribution in [2.45, 2.75) is 13.2 Å². The van der Waals surface area contributed by atoms with Gasteiger partial charge in [-0.15, -0.1) is 0 Å². The molecule has 7 nitrogen and oxygen atoms in total. The first-order chi connectivity index (χ1) is 17.0. The molecule has 4 rings (SSSR count). The molecule has 0 saturated heterocycles. The number of ether oxygens (including phenoxy) is 1. The van der Waals surface area contributed by atoms with Gasteiger partial charge in [0.15, 0.2) is 0 Å². The molecule has 0 fully saturated rings. The van der Waals surface area contributed by atoms with E-state index in [0.717, 1.165) is 22.1 Å². The van der Waals surface area contributed by atoms with E-state index in [-0.39, 0.29) is 11.6 Å². The lowest BCUT2D eigenvalue weighted by molar-refractivity contribution is -0.124. The van der Waals surface area contributed by atoms with Crippen molar-refractivity contribution >= 4 is 40.4 Å². The fourth-order valence-corrected chi connectivity index (χ4v) is 3.48. The van der Waals surface area contributed by atoms with E-state index in [9.17, 15) is 9.59 Å². The summed E-state index contributed by atoms with van der Waals surface area (Å²) in [7, 11) is 0. The highest BCUT2D eigenvalue weighted by atomic mass is 35.5. The van der Waals surface area contributed by atoms with Crippen LogP contribution in [0.1, 0.15) is 27.2 Å². The van der Waals surface area contributed by atoms with Crippen LogP contribution in [-0.4, -0.2) is 22.0 Å². The Kier molecular flexibility index (Phi) is 7.72. The van der Waals surface area contributed by atoms with E-state index >= 15 is 0 Å². The van der Waals surface area contributed by atoms with Gasteiger partial charge in [-0.3, -0.25) is 14.8 Å². The number of hydrogen-bond acceptors (Lipinski definition) is 5. The first-order valence-corrected chi connectivity index (χ1v) is 11.2. The minimum atomic E-state index is -0.610. The van der Waals surface area contributed by atoms with Crippen molar-refractivity contribution in [3.8, 4) is 5.75 Å². The molecule has 0 spiro atoms. The Balaban J connectivity index is 1.46. The summed E-state index contributed by atoms with van der Waals surface area (Å²) in [5.41, 5.74) is 5.06. The maximum Gasteiger partial charge on any atom is 0.270 e. The highest BCUT2D eigenvalue weighted by Gasteiger charge is 2.13. The normalized spacial score (nSPS) is 10.9. The Morgan fingerprint density at radius 3 is 2.43 bits per heavy atom. The zero-order valence-corrected chi connectivity index (χ0v) is 19.3. The van der Waals surface area contributed by atoms with Crippen LogP contribution in [0.3, 0.4) is 0 Å². The average molecular weight is 488 g/mol. The summed E-state index contributed by atoms with van der Waals surface area (Å²) in [4.78, 5) is 28.5. The predicted molar refractivity (Wildman–Crippen MR) is 134 cm³/mol. The van der Waals surface area contributed by atoms with Gasteiger partial charge in [0.25, 0.3) is 11.8 Å². The number of aromatic nitrogens is 1. The summed E-state index contributed by atoms with van der Waals surface area (Å²) in [5, 5.41) is 12.9. The minimum absolute atomic E-state index is 0.254. The standard InChI is InChI=1S/C27H22ClN3O4/c28-21-12-9-20(10-13-21)17-35-25-15-24(30-23-4-2-1-3-22(23)25)27(33)29-16-19-7-5-18(6-8-19)11-14-26(32)31-34/h1-15,34H,16-17H2,(H,29,33)(H,31,32)/b14-11+. The number of rotatable bonds is 8. The number of carbonyl (C=O) groups excluding carboxylic acids is 2. The molecule has 35 heavy (non-hydrogen) atoms. The van der Waals surface area contributed by atoms with Crippen LogP contribution >= 0.6 is 11.6 Å². The molecule has 0 aliphatic heterocycles. The van der Waals surface area contributed by atoms with Gasteiger partial charge in [-0.25, -0.2) is 10.5 Å². The Labute approximate surface area is 207 Å². The quantitative estimate of drug-likeness (QED) is 0.186. The van der Waals surface area contributed by atoms with E-state index in [1.165, 1.54) is 11.6 Å². The van der Waals surface area contributed by atoms with Crippen molar-refractivity contribution in [1.82, 2.24) is 15.8 Å². The topological polar surface area (TPSA) is 101 Å². The van der Waals surface area contributed by atoms with Crippen LogP contribution in [0.2, 0.25) is 5.02 Å². The molecule has 0 radical (unpaired) electrons. The second-order valence-electron chi connectivity index (χ2n) is 7.67. The van der Waals surface area contributed by atoms with Crippen molar-refractivity contribution in [1.29, 1.82) is 0 Å². The SMILES string of the molecule is O=C(/C=C/c1ccc(CNC(=O)c2cc(OCc3ccc(Cl)cc3)c3ccccc3n2)cc1)NO. The van der Waals surface area contributed by atoms with Gasteiger partial charge in [0.05, 0.1) is 5.52 Å². The second kappa shape index (κ2) is 11.3. The van der Waals surface area contributed by atoms with Crippen molar-refractivity contribution < 1.29 is 19.5 Å². The summed E-state index contributed by atoms with van der Waals surface area (Å²) in [6.07, 6.45) is 2.78. The Bertz CT molecular complexity index is 1370. The van der Waals surface area contributed by atoms with E-state index in [4.69, 9.17) is 21.5 Å². The maximum atomic E-state index is 12.9. The molecule has 0 saturated carbocycles. The van der Waals surface area contributed by atoms with Gasteiger partial charge in [-0.05, 0) is 47.0 Å². The largest absolute Gasteiger partial charge is 0.488 e. The van der Waals surface area contributed by atoms with Crippen molar-refractivity contribution in [2.75, 3.05) is 0 Å². The van der Waals surface area contributed by atoms with Crippen LogP contribution in [0.4, 0.5) is 0 Å². The van der Waals surface area contributed by atoms with Crippen LogP contribution < -0.4 is 15.5 Å². The van der Waals surface area contributed by atoms with Gasteiger partial charge in [0.2, 0.25) is 0 Å². The minimum Gasteiger partial charge on any atom is -0.488 e. The van der Waals surface area contributed by atoms with Crippen molar-refractivity contribution in [3.05, 3.63) is 112 Å². The lowest BCUT2D eigenvalue weighted by Crippen LogP contribution is -2.24. The van der Waals surface area contributed by atoms with Crippen molar-refractivity contribution in [3.63, 3.8) is 0 Å². The number of fused-ring (bicyclic) bond motifs is 1. The summed E-state index contributed by atoms with van der Waals surface area (Å²) in [6.45, 7) is 0.627. The number of para-hydroxylation sites is 1. The van der Waals surface area contributed by atoms with Crippen LogP contribution in [-0.2, 0) is 17.9 Å². The molecule has 1 heterocycles. The van der Waals surface area contributed by atoms with Crippen molar-refractivity contribution in [2.24, 2.45) is 0 Å². The summed E-state index contributed by atoms with van der Waals surface area (Å²) >= 11 is 5.96. The maximum absolute atomic E-state index is 12.9. The molecule has 3 aromatic carbocycles. The predicted octanol–water partition coefficient (Wildman–Crippen LogP) is 4.92. The van der Waals surface area contributed by atoms with Gasteiger partial charge in [-0.1, -0.05) is 60.1 Å². The van der Waals surface area contributed by atoms with E-state index in [1.807, 2.05) is 48.5 Å². The number of halogens is 1. The second-order valence-corrected chi connectivity index (χ2v) is 8.11. The molecule has 0 aliphatic carbocycles. The van der Waals surface area contributed by atoms with Crippen LogP contribution in [0.15, 0.2) is 84.9 Å². The monoisotopic (exact) mass is 487 g/mol. The van der Waals surface area contributed by atoms with Crippen LogP contribution in [0.25, 0.3) is 17.0 Å². The number of hydroxylamine groups is 1. The Hall–Kier alpha value is -4.20. The summed E-state index contributed by atoms with van der Waals surface area (Å²) in [5.74, 6) is -0.366. The lowest BCUT2D eigenvalue weighted by atomic mass is 10.1. The van der Waals surface area contributed by atoms with Gasteiger partial charge in [-0.2, -0.15) is 0 Å². The van der Waals surface area contributed by atoms with Gasteiger partial charge in [0, 0.05) is 29.1 Å². The molecule has 4 aromatic rings. The molecular formula is C27H22ClN3O4. The lowest BCUT2D eigenvalue weighted by Gasteiger charge is -2.12. The van der Waals surface area contributed by atoms with E-state index < -0.39 is 5.91 Å². The molecule has 1 aromatic heterocycles. The summed E-state index contributed by atoms with van der Waals surface area (Å²) < 4.78 is 6.05. The number of pyridine rings is 1. The first kappa shape index (κ1) is 23.9. The molecule has 8 heteroatoms. The van der Waals surface area contributed by atoms with E-state index in [1.54, 1.807) is 36.4 Å². The molecule has 0 bridgehead atoms. The fourth-order valence-electron chi connectivity index (χ4n) is 3.35. The molecule has 3 N–H and O–H groups in total. The Morgan fingerprint density at radius 1 is 0.971 bits per heavy atom. The molecule has 2 amide bonds. The zero-order valence-electron chi connectivity index (χ0n) is 18.6. The average Bonchev–Trinajstić information content (AvgIpc) is 2.90. The molecular weight excluding hydrogens is 466 g/mol. The van der Waals surface area contributed by atoms with Gasteiger partial charge in [0.1, 0.15) is 18.1 Å². The first-order valence-electron chi connectivity index (χ1n) is 10.8. The Morgan fingerprint density at radius 2 is 1.69 bits per heavy atom. The van der Waals surface area contributed by atoms with E-state index in [2.05, 4.69) is 10.3 Å². The molecule has 0 unspecified atom stereocenters. The third-order valence-corrected chi connectivity index (χ3v) is 5.44. The molecule has 0 atom stereocenters. The number of amides is 2. The smallest absolute Gasteiger partial charge is 0.270 e. The molecule has 176 valence electrons. The molecule has 0 aliphatic rings. The summed E-state index contributed by atoms with van der Waals surface area (Å²) in [6, 6.07) is 23.8. The number of nitrogens with one attached hydrogen (secondary N) is 2.